The topological polar surface area (TPSA) is 90.3 Å². The van der Waals surface area contributed by atoms with Crippen molar-refractivity contribution in [2.75, 3.05) is 23.4 Å². The molecule has 9 heteroatoms. The molecule has 0 spiro atoms. The maximum Gasteiger partial charge on any atom is 0.249 e. The summed E-state index contributed by atoms with van der Waals surface area (Å²) in [5.41, 5.74) is 2.41. The molecule has 1 fully saturated rings. The summed E-state index contributed by atoms with van der Waals surface area (Å²) in [6, 6.07) is 6.86. The zero-order valence-corrected chi connectivity index (χ0v) is 17.3. The lowest BCUT2D eigenvalue weighted by atomic mass is 10.1. The minimum Gasteiger partial charge on any atom is -0.488 e. The number of nitrogens with zero attached hydrogens (tertiary/aromatic N) is 2. The van der Waals surface area contributed by atoms with Crippen LogP contribution in [0.1, 0.15) is 23.7 Å². The number of nitrogens with one attached hydrogen (secondary N) is 1. The second-order valence-electron chi connectivity index (χ2n) is 7.19. The average molecular weight is 434 g/mol. The molecule has 29 heavy (non-hydrogen) atoms. The van der Waals surface area contributed by atoms with Crippen LogP contribution in [0.4, 0.5) is 5.82 Å². The molecule has 0 aliphatic carbocycles. The van der Waals surface area contributed by atoms with Crippen LogP contribution in [0.5, 0.6) is 5.75 Å². The first-order valence-corrected chi connectivity index (χ1v) is 11.4. The summed E-state index contributed by atoms with van der Waals surface area (Å²) in [5.74, 6) is 1.10. The quantitative estimate of drug-likeness (QED) is 0.748. The van der Waals surface area contributed by atoms with Crippen LogP contribution < -0.4 is 10.1 Å². The van der Waals surface area contributed by atoms with Crippen molar-refractivity contribution >= 4 is 39.2 Å². The number of carbonyl (C=O) groups is 1. The van der Waals surface area contributed by atoms with E-state index >= 15 is 0 Å². The van der Waals surface area contributed by atoms with Crippen LogP contribution in [0.3, 0.4) is 0 Å². The van der Waals surface area contributed by atoms with Crippen LogP contribution in [0, 0.1) is 6.92 Å². The Morgan fingerprint density at radius 1 is 1.38 bits per heavy atom. The number of carbonyl (C=O) groups excluding carboxylic acids is 1. The summed E-state index contributed by atoms with van der Waals surface area (Å²) in [5, 5.41) is 7.77. The fraction of sp³-hybridized carbons (Fsp3) is 0.300. The van der Waals surface area contributed by atoms with E-state index in [1.807, 2.05) is 12.1 Å². The van der Waals surface area contributed by atoms with Gasteiger partial charge in [-0.15, -0.1) is 0 Å². The van der Waals surface area contributed by atoms with E-state index in [4.69, 9.17) is 16.3 Å². The van der Waals surface area contributed by atoms with Crippen LogP contribution in [-0.4, -0.2) is 42.2 Å². The van der Waals surface area contributed by atoms with E-state index < -0.39 is 9.84 Å². The molecular formula is C20H20ClN3O4S. The van der Waals surface area contributed by atoms with Gasteiger partial charge in [-0.05, 0) is 43.2 Å². The van der Waals surface area contributed by atoms with Crippen LogP contribution in [0.15, 0.2) is 42.0 Å². The van der Waals surface area contributed by atoms with Crippen molar-refractivity contribution in [3.05, 3.63) is 58.3 Å². The molecule has 1 unspecified atom stereocenters. The number of benzene rings is 1. The predicted molar refractivity (Wildman–Crippen MR) is 112 cm³/mol. The van der Waals surface area contributed by atoms with Crippen molar-refractivity contribution in [1.29, 1.82) is 0 Å². The number of aryl methyl sites for hydroxylation is 1. The molecule has 1 aromatic heterocycles. The molecule has 1 aromatic carbocycles. The van der Waals surface area contributed by atoms with Crippen LogP contribution >= 0.6 is 11.6 Å². The van der Waals surface area contributed by atoms with Gasteiger partial charge in [-0.25, -0.2) is 13.1 Å². The molecule has 4 rings (SSSR count). The summed E-state index contributed by atoms with van der Waals surface area (Å²) in [7, 11) is -3.05. The van der Waals surface area contributed by atoms with Gasteiger partial charge in [0.15, 0.2) is 9.84 Å². The highest BCUT2D eigenvalue weighted by molar-refractivity contribution is 7.91. The average Bonchev–Trinajstić information content (AvgIpc) is 3.21. The number of aromatic nitrogens is 2. The largest absolute Gasteiger partial charge is 0.488 e. The Morgan fingerprint density at radius 3 is 2.97 bits per heavy atom. The van der Waals surface area contributed by atoms with Crippen LogP contribution in [0.2, 0.25) is 5.02 Å². The fourth-order valence-electron chi connectivity index (χ4n) is 3.47. The second-order valence-corrected chi connectivity index (χ2v) is 9.85. The van der Waals surface area contributed by atoms with E-state index in [0.29, 0.717) is 29.6 Å². The first kappa shape index (κ1) is 19.7. The van der Waals surface area contributed by atoms with Gasteiger partial charge in [-0.3, -0.25) is 4.79 Å². The van der Waals surface area contributed by atoms with Gasteiger partial charge in [0.25, 0.3) is 0 Å². The van der Waals surface area contributed by atoms with Gasteiger partial charge in [0.2, 0.25) is 5.91 Å². The molecule has 0 saturated carbocycles. The minimum absolute atomic E-state index is 0.0407. The Bertz CT molecular complexity index is 1130. The van der Waals surface area contributed by atoms with Gasteiger partial charge in [0.1, 0.15) is 18.2 Å². The second kappa shape index (κ2) is 7.68. The number of hydrogen-bond donors (Lipinski definition) is 1. The number of fused-ring (bicyclic) bond motifs is 1. The summed E-state index contributed by atoms with van der Waals surface area (Å²) >= 11 is 6.02. The summed E-state index contributed by atoms with van der Waals surface area (Å²) in [6.07, 6.45) is 5.52. The highest BCUT2D eigenvalue weighted by atomic mass is 35.5. The molecule has 0 radical (unpaired) electrons. The molecule has 2 aliphatic rings. The van der Waals surface area contributed by atoms with Crippen molar-refractivity contribution in [2.45, 2.75) is 19.4 Å². The third-order valence-electron chi connectivity index (χ3n) is 4.82. The number of halogens is 1. The Balaban J connectivity index is 1.47. The lowest BCUT2D eigenvalue weighted by Gasteiger charge is -2.16. The lowest BCUT2D eigenvalue weighted by Crippen LogP contribution is -2.18. The van der Waals surface area contributed by atoms with Gasteiger partial charge >= 0.3 is 0 Å². The Labute approximate surface area is 173 Å². The zero-order valence-electron chi connectivity index (χ0n) is 15.8. The smallest absolute Gasteiger partial charge is 0.249 e. The molecule has 1 N–H and O–H groups in total. The molecule has 3 heterocycles. The highest BCUT2D eigenvalue weighted by Gasteiger charge is 2.31. The number of anilines is 1. The van der Waals surface area contributed by atoms with Crippen LogP contribution in [0.25, 0.3) is 6.08 Å². The third-order valence-corrected chi connectivity index (χ3v) is 6.80. The van der Waals surface area contributed by atoms with E-state index in [2.05, 4.69) is 10.4 Å². The molecule has 0 bridgehead atoms. The molecule has 7 nitrogen and oxygen atoms in total. The zero-order chi connectivity index (χ0) is 20.6. The molecule has 152 valence electrons. The van der Waals surface area contributed by atoms with Crippen molar-refractivity contribution in [3.8, 4) is 5.75 Å². The summed E-state index contributed by atoms with van der Waals surface area (Å²) < 4.78 is 30.8. The number of sulfone groups is 1. The number of rotatable bonds is 4. The van der Waals surface area contributed by atoms with Crippen molar-refractivity contribution in [1.82, 2.24) is 9.78 Å². The SMILES string of the molecule is Cc1cc(NC(=O)/C=C/C2=Cc3cc(Cl)ccc3OC2)n(C2CCS(=O)(=O)C2)n1. The number of hydrogen-bond acceptors (Lipinski definition) is 5. The lowest BCUT2D eigenvalue weighted by molar-refractivity contribution is -0.112. The monoisotopic (exact) mass is 433 g/mol. The van der Waals surface area contributed by atoms with E-state index in [-0.39, 0.29) is 23.5 Å². The minimum atomic E-state index is -3.05. The predicted octanol–water partition coefficient (Wildman–Crippen LogP) is 3.18. The van der Waals surface area contributed by atoms with E-state index in [0.717, 1.165) is 16.9 Å². The molecule has 2 aliphatic heterocycles. The molecule has 1 saturated heterocycles. The van der Waals surface area contributed by atoms with Crippen LogP contribution in [-0.2, 0) is 14.6 Å². The van der Waals surface area contributed by atoms with Gasteiger partial charge in [-0.2, -0.15) is 5.10 Å². The fourth-order valence-corrected chi connectivity index (χ4v) is 5.34. The van der Waals surface area contributed by atoms with Gasteiger partial charge in [-0.1, -0.05) is 17.7 Å². The summed E-state index contributed by atoms with van der Waals surface area (Å²) in [4.78, 5) is 12.4. The Kier molecular flexibility index (Phi) is 5.23. The normalized spacial score (nSPS) is 20.2. The maximum atomic E-state index is 12.4. The standard InChI is InChI=1S/C20H20ClN3O4S/c1-13-8-19(24(23-13)17-6-7-29(26,27)12-17)22-20(25)5-2-14-9-15-10-16(21)3-4-18(15)28-11-14/h2-5,8-10,17H,6-7,11-12H2,1H3,(H,22,25)/b5-2+. The number of ether oxygens (including phenoxy) is 1. The molecule has 1 atom stereocenters. The van der Waals surface area contributed by atoms with Gasteiger partial charge in [0, 0.05) is 22.7 Å². The van der Waals surface area contributed by atoms with Crippen molar-refractivity contribution in [2.24, 2.45) is 0 Å². The molecule has 1 amide bonds. The Morgan fingerprint density at radius 2 is 2.21 bits per heavy atom. The van der Waals surface area contributed by atoms with E-state index in [1.54, 1.807) is 35.9 Å². The van der Waals surface area contributed by atoms with Gasteiger partial charge in [0.05, 0.1) is 23.2 Å². The first-order chi connectivity index (χ1) is 13.8. The number of amides is 1. The molecule has 2 aromatic rings. The van der Waals surface area contributed by atoms with E-state index in [9.17, 15) is 13.2 Å². The first-order valence-electron chi connectivity index (χ1n) is 9.18. The van der Waals surface area contributed by atoms with Crippen molar-refractivity contribution < 1.29 is 17.9 Å². The molecular weight excluding hydrogens is 414 g/mol. The van der Waals surface area contributed by atoms with E-state index in [1.165, 1.54) is 6.08 Å². The maximum absolute atomic E-state index is 12.4. The Hall–Kier alpha value is -2.58. The highest BCUT2D eigenvalue weighted by Crippen LogP contribution is 2.29. The summed E-state index contributed by atoms with van der Waals surface area (Å²) in [6.45, 7) is 2.16. The third kappa shape index (κ3) is 4.54. The van der Waals surface area contributed by atoms with Gasteiger partial charge < -0.3 is 10.1 Å². The van der Waals surface area contributed by atoms with Crippen molar-refractivity contribution in [3.63, 3.8) is 0 Å².